The van der Waals surface area contributed by atoms with Crippen molar-refractivity contribution in [2.24, 2.45) is 0 Å². The molecule has 1 fully saturated rings. The summed E-state index contributed by atoms with van der Waals surface area (Å²) in [6, 6.07) is 17.1. The second-order valence-electron chi connectivity index (χ2n) is 11.2. The number of rotatable bonds is 12. The lowest BCUT2D eigenvalue weighted by molar-refractivity contribution is -0.132. The fraction of sp³-hybridized carbons (Fsp3) is 0.314. The molecule has 1 saturated heterocycles. The summed E-state index contributed by atoms with van der Waals surface area (Å²) in [4.78, 5) is 29.0. The van der Waals surface area contributed by atoms with Crippen LogP contribution in [0.4, 0.5) is 5.13 Å². The highest BCUT2D eigenvalue weighted by Gasteiger charge is 2.48. The smallest absolute Gasteiger partial charge is 0.301 e. The first-order valence-corrected chi connectivity index (χ1v) is 17.7. The van der Waals surface area contributed by atoms with E-state index in [1.165, 1.54) is 28.0 Å². The lowest BCUT2D eigenvalue weighted by atomic mass is 9.94. The molecule has 1 amide bonds. The summed E-state index contributed by atoms with van der Waals surface area (Å²) in [5.41, 5.74) is 2.90. The Bertz CT molecular complexity index is 1830. The minimum atomic E-state index is -0.996. The lowest BCUT2D eigenvalue weighted by Gasteiger charge is -2.23. The number of hydrogen-bond acceptors (Lipinski definition) is 10. The summed E-state index contributed by atoms with van der Waals surface area (Å²) in [5, 5.41) is 21.3. The number of Topliss-reactive ketones (excluding diaryl/α,β-unsaturated/α-hetero) is 1. The molecule has 47 heavy (non-hydrogen) atoms. The molecule has 2 aliphatic rings. The molecule has 0 unspecified atom stereocenters. The molecule has 0 radical (unpaired) electrons. The monoisotopic (exact) mass is 691 g/mol. The van der Waals surface area contributed by atoms with Crippen molar-refractivity contribution in [3.8, 4) is 17.2 Å². The number of carbonyl (C=O) groups excluding carboxylic acids is 2. The molecule has 0 aliphatic carbocycles. The number of aliphatic hydroxyl groups excluding tert-OH is 1. The molecule has 4 aromatic rings. The van der Waals surface area contributed by atoms with Crippen LogP contribution in [0.2, 0.25) is 5.02 Å². The van der Waals surface area contributed by atoms with Crippen LogP contribution in [0.5, 0.6) is 17.2 Å². The second-order valence-corrected chi connectivity index (χ2v) is 13.8. The third-order valence-corrected chi connectivity index (χ3v) is 10.2. The van der Waals surface area contributed by atoms with Crippen molar-refractivity contribution in [1.29, 1.82) is 0 Å². The maximum absolute atomic E-state index is 13.8. The van der Waals surface area contributed by atoms with Crippen LogP contribution in [-0.2, 0) is 21.8 Å². The number of benzene rings is 3. The number of hydrogen-bond donors (Lipinski definition) is 1. The van der Waals surface area contributed by atoms with Crippen LogP contribution in [0, 0.1) is 0 Å². The minimum absolute atomic E-state index is 0.00665. The number of ether oxygens (including phenoxy) is 3. The van der Waals surface area contributed by atoms with E-state index in [2.05, 4.69) is 17.1 Å². The van der Waals surface area contributed by atoms with Gasteiger partial charge in [0.25, 0.3) is 5.78 Å². The lowest BCUT2D eigenvalue weighted by Crippen LogP contribution is -2.29. The highest BCUT2D eigenvalue weighted by atomic mass is 35.5. The van der Waals surface area contributed by atoms with Crippen LogP contribution in [0.3, 0.4) is 0 Å². The van der Waals surface area contributed by atoms with Gasteiger partial charge in [0.05, 0.1) is 24.8 Å². The Morgan fingerprint density at radius 2 is 1.87 bits per heavy atom. The number of halogens is 1. The van der Waals surface area contributed by atoms with Crippen LogP contribution in [0.1, 0.15) is 61.9 Å². The maximum atomic E-state index is 13.8. The summed E-state index contributed by atoms with van der Waals surface area (Å²) >= 11 is 8.70. The number of aliphatic hydroxyl groups is 1. The summed E-state index contributed by atoms with van der Waals surface area (Å²) in [5.74, 6) is 0.499. The number of thioether (sulfide) groups is 1. The molecule has 12 heteroatoms. The third-order valence-electron chi connectivity index (χ3n) is 7.83. The first-order chi connectivity index (χ1) is 22.8. The molecular formula is C35H34ClN3O6S2. The Hall–Kier alpha value is -4.06. The van der Waals surface area contributed by atoms with E-state index in [1.807, 2.05) is 44.2 Å². The highest BCUT2D eigenvalue weighted by Crippen LogP contribution is 2.46. The van der Waals surface area contributed by atoms with Crippen molar-refractivity contribution in [1.82, 2.24) is 10.2 Å². The molecule has 244 valence electrons. The Labute approximate surface area is 286 Å². The van der Waals surface area contributed by atoms with Crippen molar-refractivity contribution in [3.05, 3.63) is 93.5 Å². The fourth-order valence-corrected chi connectivity index (χ4v) is 7.51. The van der Waals surface area contributed by atoms with Gasteiger partial charge in [0.2, 0.25) is 5.13 Å². The van der Waals surface area contributed by atoms with Crippen LogP contribution in [0.25, 0.3) is 5.76 Å². The van der Waals surface area contributed by atoms with Crippen molar-refractivity contribution in [2.45, 2.75) is 62.3 Å². The zero-order valence-corrected chi connectivity index (χ0v) is 28.6. The Balaban J connectivity index is 1.41. The van der Waals surface area contributed by atoms with E-state index in [1.54, 1.807) is 30.3 Å². The molecule has 0 saturated carbocycles. The minimum Gasteiger partial charge on any atom is -0.507 e. The molecule has 3 heterocycles. The molecule has 0 bridgehead atoms. The third kappa shape index (κ3) is 6.97. The number of nitrogens with zero attached hydrogens (tertiary/aromatic N) is 3. The number of amides is 1. The molecule has 1 N–H and O–H groups in total. The first-order valence-electron chi connectivity index (χ1n) is 15.5. The van der Waals surface area contributed by atoms with Gasteiger partial charge in [-0.25, -0.2) is 0 Å². The topological polar surface area (TPSA) is 111 Å². The Morgan fingerprint density at radius 1 is 1.06 bits per heavy atom. The predicted molar refractivity (Wildman–Crippen MR) is 184 cm³/mol. The quantitative estimate of drug-likeness (QED) is 0.0394. The largest absolute Gasteiger partial charge is 0.507 e. The molecule has 2 aliphatic heterocycles. The summed E-state index contributed by atoms with van der Waals surface area (Å²) in [6.45, 7) is 6.84. The highest BCUT2D eigenvalue weighted by molar-refractivity contribution is 8.00. The van der Waals surface area contributed by atoms with Gasteiger partial charge in [0.15, 0.2) is 15.8 Å². The van der Waals surface area contributed by atoms with Gasteiger partial charge in [0.1, 0.15) is 17.6 Å². The van der Waals surface area contributed by atoms with Gasteiger partial charge in [-0.1, -0.05) is 66.2 Å². The standard InChI is InChI=1S/C35H34ClN3O6S2/c1-4-6-15-44-27-14-9-22(18-28(27)43-5-2)30-29(31(40)23-10-13-26-24(17-23)16-20(3)45-26)32(41)33(42)39(30)34-37-38-35(47-34)46-19-21-7-11-25(36)12-8-21/h7-14,17-18,20,30,40H,4-6,15-16,19H2,1-3H3/b31-29+/t20-,30+/m1/s1. The van der Waals surface area contributed by atoms with Gasteiger partial charge in [-0.05, 0) is 79.4 Å². The van der Waals surface area contributed by atoms with Crippen molar-refractivity contribution in [2.75, 3.05) is 18.1 Å². The zero-order valence-electron chi connectivity index (χ0n) is 26.2. The van der Waals surface area contributed by atoms with Gasteiger partial charge in [-0.3, -0.25) is 14.5 Å². The van der Waals surface area contributed by atoms with E-state index < -0.39 is 17.7 Å². The van der Waals surface area contributed by atoms with Crippen LogP contribution >= 0.6 is 34.7 Å². The Morgan fingerprint density at radius 3 is 2.64 bits per heavy atom. The number of ketones is 1. The van der Waals surface area contributed by atoms with Gasteiger partial charge in [-0.15, -0.1) is 10.2 Å². The SMILES string of the molecule is CCCCOc1ccc([C@H]2/C(=C(\O)c3ccc4c(c3)C[C@@H](C)O4)C(=O)C(=O)N2c2nnc(SCc3ccc(Cl)cc3)s2)cc1OCC. The number of anilines is 1. The van der Waals surface area contributed by atoms with Gasteiger partial charge in [-0.2, -0.15) is 0 Å². The van der Waals surface area contributed by atoms with Gasteiger partial charge in [0, 0.05) is 22.8 Å². The van der Waals surface area contributed by atoms with E-state index in [0.29, 0.717) is 57.4 Å². The zero-order chi connectivity index (χ0) is 33.1. The number of aromatic nitrogens is 2. The Kier molecular flexibility index (Phi) is 10.0. The molecular weight excluding hydrogens is 658 g/mol. The van der Waals surface area contributed by atoms with Crippen molar-refractivity contribution >= 4 is 57.3 Å². The number of fused-ring (bicyclic) bond motifs is 1. The second kappa shape index (κ2) is 14.4. The molecule has 3 aromatic carbocycles. The predicted octanol–water partition coefficient (Wildman–Crippen LogP) is 8.01. The molecule has 0 spiro atoms. The fourth-order valence-electron chi connectivity index (χ4n) is 5.56. The average Bonchev–Trinajstić information content (AvgIpc) is 3.76. The van der Waals surface area contributed by atoms with E-state index in [-0.39, 0.29) is 22.6 Å². The normalized spacial score (nSPS) is 18.3. The van der Waals surface area contributed by atoms with Crippen LogP contribution in [0.15, 0.2) is 70.6 Å². The van der Waals surface area contributed by atoms with Crippen LogP contribution in [-0.4, -0.2) is 46.3 Å². The summed E-state index contributed by atoms with van der Waals surface area (Å²) in [7, 11) is 0. The van der Waals surface area contributed by atoms with Gasteiger partial charge >= 0.3 is 5.91 Å². The molecule has 2 atom stereocenters. The summed E-state index contributed by atoms with van der Waals surface area (Å²) in [6.07, 6.45) is 2.54. The summed E-state index contributed by atoms with van der Waals surface area (Å²) < 4.78 is 18.4. The molecule has 9 nitrogen and oxygen atoms in total. The number of carbonyl (C=O) groups is 2. The number of unbranched alkanes of at least 4 members (excludes halogenated alkanes) is 1. The van der Waals surface area contributed by atoms with E-state index in [9.17, 15) is 14.7 Å². The first kappa shape index (κ1) is 32.9. The van der Waals surface area contributed by atoms with E-state index in [4.69, 9.17) is 25.8 Å². The van der Waals surface area contributed by atoms with Crippen LogP contribution < -0.4 is 19.1 Å². The van der Waals surface area contributed by atoms with E-state index >= 15 is 0 Å². The van der Waals surface area contributed by atoms with Crippen molar-refractivity contribution in [3.63, 3.8) is 0 Å². The van der Waals surface area contributed by atoms with E-state index in [0.717, 1.165) is 29.7 Å². The average molecular weight is 692 g/mol. The molecule has 1 aromatic heterocycles. The molecule has 6 rings (SSSR count). The maximum Gasteiger partial charge on any atom is 0.301 e. The van der Waals surface area contributed by atoms with Gasteiger partial charge < -0.3 is 19.3 Å². The van der Waals surface area contributed by atoms with Crippen molar-refractivity contribution < 1.29 is 28.9 Å².